The number of aliphatic hydroxyl groups is 1. The first-order valence-corrected chi connectivity index (χ1v) is 4.84. The van der Waals surface area contributed by atoms with E-state index in [-0.39, 0.29) is 5.78 Å². The number of hydrogen-bond acceptors (Lipinski definition) is 4. The molecule has 0 bridgehead atoms. The third kappa shape index (κ3) is 1.61. The Morgan fingerprint density at radius 1 is 1.50 bits per heavy atom. The summed E-state index contributed by atoms with van der Waals surface area (Å²) in [6.45, 7) is 2.01. The molecule has 2 heterocycles. The SMILES string of the molecule is CC1(O)C=CC(=O)C2(CCCCO2)O1. The van der Waals surface area contributed by atoms with Gasteiger partial charge in [0.25, 0.3) is 0 Å². The number of ketones is 1. The smallest absolute Gasteiger partial charge is 0.235 e. The lowest BCUT2D eigenvalue weighted by atomic mass is 9.97. The van der Waals surface area contributed by atoms with Crippen LogP contribution in [0.5, 0.6) is 0 Å². The van der Waals surface area contributed by atoms with Gasteiger partial charge in [0, 0.05) is 6.42 Å². The Kier molecular flexibility index (Phi) is 2.21. The van der Waals surface area contributed by atoms with Crippen molar-refractivity contribution in [3.05, 3.63) is 12.2 Å². The van der Waals surface area contributed by atoms with Crippen molar-refractivity contribution in [2.45, 2.75) is 37.8 Å². The molecule has 1 N–H and O–H groups in total. The molecule has 4 heteroatoms. The van der Waals surface area contributed by atoms with E-state index in [9.17, 15) is 9.90 Å². The molecule has 0 radical (unpaired) electrons. The van der Waals surface area contributed by atoms with Gasteiger partial charge in [0.05, 0.1) is 6.61 Å². The van der Waals surface area contributed by atoms with Gasteiger partial charge in [-0.1, -0.05) is 0 Å². The minimum atomic E-state index is -1.40. The lowest BCUT2D eigenvalue weighted by Gasteiger charge is -2.41. The Morgan fingerprint density at radius 2 is 2.29 bits per heavy atom. The molecule has 14 heavy (non-hydrogen) atoms. The normalized spacial score (nSPS) is 43.1. The average molecular weight is 198 g/mol. The van der Waals surface area contributed by atoms with Crippen molar-refractivity contribution in [3.8, 4) is 0 Å². The fourth-order valence-electron chi connectivity index (χ4n) is 1.82. The summed E-state index contributed by atoms with van der Waals surface area (Å²) in [4.78, 5) is 11.6. The van der Waals surface area contributed by atoms with Gasteiger partial charge in [-0.25, -0.2) is 0 Å². The first kappa shape index (κ1) is 9.83. The molecule has 2 aliphatic rings. The third-order valence-corrected chi connectivity index (χ3v) is 2.53. The van der Waals surface area contributed by atoms with Gasteiger partial charge >= 0.3 is 0 Å². The minimum Gasteiger partial charge on any atom is -0.362 e. The number of hydrogen-bond donors (Lipinski definition) is 1. The standard InChI is InChI=1S/C10H14O4/c1-9(12)6-4-8(11)10(14-9)5-2-3-7-13-10/h4,6,12H,2-3,5,7H2,1H3. The Morgan fingerprint density at radius 3 is 2.93 bits per heavy atom. The van der Waals surface area contributed by atoms with E-state index in [0.717, 1.165) is 12.8 Å². The van der Waals surface area contributed by atoms with Crippen LogP contribution in [0.1, 0.15) is 26.2 Å². The molecule has 1 saturated heterocycles. The van der Waals surface area contributed by atoms with Crippen LogP contribution < -0.4 is 0 Å². The van der Waals surface area contributed by atoms with E-state index in [1.807, 2.05) is 0 Å². The van der Waals surface area contributed by atoms with Gasteiger partial charge in [-0.2, -0.15) is 0 Å². The van der Waals surface area contributed by atoms with Crippen molar-refractivity contribution in [1.82, 2.24) is 0 Å². The maximum Gasteiger partial charge on any atom is 0.235 e. The van der Waals surface area contributed by atoms with E-state index in [2.05, 4.69) is 0 Å². The lowest BCUT2D eigenvalue weighted by molar-refractivity contribution is -0.320. The molecule has 2 unspecified atom stereocenters. The van der Waals surface area contributed by atoms with Crippen LogP contribution in [0.15, 0.2) is 12.2 Å². The Labute approximate surface area is 82.5 Å². The van der Waals surface area contributed by atoms with Gasteiger partial charge in [0.2, 0.25) is 11.6 Å². The third-order valence-electron chi connectivity index (χ3n) is 2.53. The summed E-state index contributed by atoms with van der Waals surface area (Å²) in [5, 5.41) is 9.67. The predicted molar refractivity (Wildman–Crippen MR) is 48.4 cm³/mol. The fourth-order valence-corrected chi connectivity index (χ4v) is 1.82. The molecule has 2 aliphatic heterocycles. The van der Waals surface area contributed by atoms with E-state index in [1.165, 1.54) is 19.1 Å². The maximum atomic E-state index is 11.6. The zero-order valence-electron chi connectivity index (χ0n) is 8.16. The minimum absolute atomic E-state index is 0.205. The van der Waals surface area contributed by atoms with Gasteiger partial charge in [0.1, 0.15) is 0 Å². The highest BCUT2D eigenvalue weighted by Gasteiger charge is 2.47. The van der Waals surface area contributed by atoms with Crippen LogP contribution in [0.4, 0.5) is 0 Å². The quantitative estimate of drug-likeness (QED) is 0.624. The van der Waals surface area contributed by atoms with Crippen molar-refractivity contribution in [2.24, 2.45) is 0 Å². The molecule has 2 rings (SSSR count). The van der Waals surface area contributed by atoms with Crippen molar-refractivity contribution >= 4 is 5.78 Å². The molecule has 0 amide bonds. The molecular weight excluding hydrogens is 184 g/mol. The summed E-state index contributed by atoms with van der Waals surface area (Å²) in [5.41, 5.74) is 0. The zero-order valence-corrected chi connectivity index (χ0v) is 8.16. The summed E-state index contributed by atoms with van der Waals surface area (Å²) < 4.78 is 10.7. The van der Waals surface area contributed by atoms with Crippen LogP contribution in [0, 0.1) is 0 Å². The molecular formula is C10H14O4. The second-order valence-electron chi connectivity index (χ2n) is 3.91. The molecule has 0 saturated carbocycles. The van der Waals surface area contributed by atoms with Gasteiger partial charge in [0.15, 0.2) is 5.79 Å². The first-order valence-electron chi connectivity index (χ1n) is 4.84. The van der Waals surface area contributed by atoms with Crippen molar-refractivity contribution in [2.75, 3.05) is 6.61 Å². The van der Waals surface area contributed by atoms with Crippen molar-refractivity contribution in [3.63, 3.8) is 0 Å². The summed E-state index contributed by atoms with van der Waals surface area (Å²) in [6.07, 6.45) is 5.03. The van der Waals surface area contributed by atoms with E-state index in [0.29, 0.717) is 13.0 Å². The molecule has 0 aliphatic carbocycles. The molecule has 1 spiro atoms. The zero-order chi connectivity index (χ0) is 10.2. The summed E-state index contributed by atoms with van der Waals surface area (Å²) >= 11 is 0. The topological polar surface area (TPSA) is 55.8 Å². The summed E-state index contributed by atoms with van der Waals surface area (Å²) in [5.74, 6) is -2.83. The predicted octanol–water partition coefficient (Wildman–Crippen LogP) is 0.747. The van der Waals surface area contributed by atoms with Crippen LogP contribution in [0.25, 0.3) is 0 Å². The number of carbonyl (C=O) groups excluding carboxylic acids is 1. The second-order valence-corrected chi connectivity index (χ2v) is 3.91. The van der Waals surface area contributed by atoms with E-state index >= 15 is 0 Å². The molecule has 0 aromatic carbocycles. The Hall–Kier alpha value is -0.710. The fraction of sp³-hybridized carbons (Fsp3) is 0.700. The lowest BCUT2D eigenvalue weighted by Crippen LogP contribution is -2.53. The van der Waals surface area contributed by atoms with Gasteiger partial charge in [-0.3, -0.25) is 4.79 Å². The Balaban J connectivity index is 2.25. The maximum absolute atomic E-state index is 11.6. The van der Waals surface area contributed by atoms with Crippen molar-refractivity contribution < 1.29 is 19.4 Å². The second kappa shape index (κ2) is 3.15. The van der Waals surface area contributed by atoms with Crippen molar-refractivity contribution in [1.29, 1.82) is 0 Å². The highest BCUT2D eigenvalue weighted by Crippen LogP contribution is 2.34. The summed E-state index contributed by atoms with van der Waals surface area (Å²) in [7, 11) is 0. The van der Waals surface area contributed by atoms with Crippen LogP contribution in [-0.4, -0.2) is 29.1 Å². The Bertz CT molecular complexity index is 274. The van der Waals surface area contributed by atoms with Crippen LogP contribution in [0.2, 0.25) is 0 Å². The number of rotatable bonds is 0. The van der Waals surface area contributed by atoms with Crippen LogP contribution in [0.3, 0.4) is 0 Å². The van der Waals surface area contributed by atoms with Gasteiger partial charge < -0.3 is 14.6 Å². The average Bonchev–Trinajstić information content (AvgIpc) is 2.13. The van der Waals surface area contributed by atoms with Crippen LogP contribution in [-0.2, 0) is 14.3 Å². The van der Waals surface area contributed by atoms with Crippen LogP contribution >= 0.6 is 0 Å². The van der Waals surface area contributed by atoms with Gasteiger partial charge in [-0.15, -0.1) is 0 Å². The molecule has 78 valence electrons. The summed E-state index contributed by atoms with van der Waals surface area (Å²) in [6, 6.07) is 0. The van der Waals surface area contributed by atoms with E-state index in [1.54, 1.807) is 0 Å². The molecule has 2 atom stereocenters. The van der Waals surface area contributed by atoms with Gasteiger partial charge in [-0.05, 0) is 31.9 Å². The highest BCUT2D eigenvalue weighted by molar-refractivity contribution is 5.96. The number of ether oxygens (including phenoxy) is 2. The molecule has 1 fully saturated rings. The first-order chi connectivity index (χ1) is 6.54. The van der Waals surface area contributed by atoms with E-state index in [4.69, 9.17) is 9.47 Å². The molecule has 4 nitrogen and oxygen atoms in total. The number of carbonyl (C=O) groups is 1. The highest BCUT2D eigenvalue weighted by atomic mass is 16.8. The molecule has 0 aromatic rings. The molecule has 0 aromatic heterocycles. The monoisotopic (exact) mass is 198 g/mol. The largest absolute Gasteiger partial charge is 0.362 e. The van der Waals surface area contributed by atoms with E-state index < -0.39 is 11.6 Å².